The first-order valence-corrected chi connectivity index (χ1v) is 15.5. The standard InChI is InChI=1S/C24H19PS.C7H8O3S/c1-4-10-20(11-5-1)25(21-12-6-2-7-13-21)22-16-18-24(19-17-22)26-23-14-8-3-9-15-23;1-6-2-4-7(5-3-6)11(8,9)10/h1-19H;2-5H,1H3,(H,8,9,10). The van der Waals surface area contributed by atoms with Crippen LogP contribution < -0.4 is 15.9 Å². The van der Waals surface area contributed by atoms with Crippen molar-refractivity contribution in [2.45, 2.75) is 21.6 Å². The molecule has 0 amide bonds. The van der Waals surface area contributed by atoms with Gasteiger partial charge in [0.2, 0.25) is 0 Å². The van der Waals surface area contributed by atoms with Crippen LogP contribution in [0.1, 0.15) is 5.56 Å². The van der Waals surface area contributed by atoms with Crippen LogP contribution in [0.5, 0.6) is 0 Å². The van der Waals surface area contributed by atoms with E-state index in [-0.39, 0.29) is 4.90 Å². The minimum Gasteiger partial charge on any atom is -0.744 e. The summed E-state index contributed by atoms with van der Waals surface area (Å²) >= 11 is 1.81. The summed E-state index contributed by atoms with van der Waals surface area (Å²) in [5.74, 6) is 0. The lowest BCUT2D eigenvalue weighted by molar-refractivity contribution is 0.463. The average molecular weight is 543 g/mol. The molecule has 0 saturated heterocycles. The number of benzene rings is 5. The van der Waals surface area contributed by atoms with Crippen molar-refractivity contribution in [3.63, 3.8) is 0 Å². The van der Waals surface area contributed by atoms with Gasteiger partial charge in [-0.3, -0.25) is 0 Å². The predicted octanol–water partition coefficient (Wildman–Crippen LogP) is 6.23. The second-order valence-electron chi connectivity index (χ2n) is 8.31. The van der Waals surface area contributed by atoms with Crippen molar-refractivity contribution in [2.24, 2.45) is 0 Å². The third kappa shape index (κ3) is 7.88. The normalized spacial score (nSPS) is 11.0. The van der Waals surface area contributed by atoms with Crippen LogP contribution in [0.25, 0.3) is 0 Å². The topological polar surface area (TPSA) is 57.2 Å². The van der Waals surface area contributed by atoms with Gasteiger partial charge in [-0.25, -0.2) is 8.42 Å². The van der Waals surface area contributed by atoms with Crippen LogP contribution in [0, 0.1) is 6.92 Å². The summed E-state index contributed by atoms with van der Waals surface area (Å²) in [6.45, 7) is 1.82. The molecule has 5 rings (SSSR count). The second kappa shape index (κ2) is 12.8. The highest BCUT2D eigenvalue weighted by atomic mass is 32.2. The third-order valence-electron chi connectivity index (χ3n) is 5.56. The average Bonchev–Trinajstić information content (AvgIpc) is 2.92. The molecule has 186 valence electrons. The first-order valence-electron chi connectivity index (χ1n) is 11.7. The van der Waals surface area contributed by atoms with Crippen LogP contribution in [-0.2, 0) is 10.1 Å². The molecule has 0 radical (unpaired) electrons. The van der Waals surface area contributed by atoms with Gasteiger partial charge < -0.3 is 4.55 Å². The Hall–Kier alpha value is -3.21. The Labute approximate surface area is 224 Å². The zero-order chi connectivity index (χ0) is 26.1. The van der Waals surface area contributed by atoms with Gasteiger partial charge in [-0.1, -0.05) is 84.1 Å². The minimum absolute atomic E-state index is 0.178. The van der Waals surface area contributed by atoms with E-state index < -0.39 is 18.0 Å². The fourth-order valence-corrected chi connectivity index (χ4v) is 7.59. The third-order valence-corrected chi connectivity index (χ3v) is 10.2. The van der Waals surface area contributed by atoms with E-state index in [1.807, 2.05) is 18.7 Å². The summed E-state index contributed by atoms with van der Waals surface area (Å²) in [5, 5.41) is 4.27. The zero-order valence-corrected chi connectivity index (χ0v) is 23.0. The van der Waals surface area contributed by atoms with Crippen LogP contribution in [0.3, 0.4) is 0 Å². The van der Waals surface area contributed by atoms with Crippen molar-refractivity contribution in [3.8, 4) is 0 Å². The van der Waals surface area contributed by atoms with Crippen molar-refractivity contribution >= 4 is 45.7 Å². The van der Waals surface area contributed by atoms with E-state index >= 15 is 0 Å². The van der Waals surface area contributed by atoms with Crippen molar-refractivity contribution < 1.29 is 13.0 Å². The fraction of sp³-hybridized carbons (Fsp3) is 0.0323. The van der Waals surface area contributed by atoms with E-state index in [0.29, 0.717) is 0 Å². The highest BCUT2D eigenvalue weighted by Crippen LogP contribution is 2.34. The van der Waals surface area contributed by atoms with E-state index in [4.69, 9.17) is 0 Å². The zero-order valence-electron chi connectivity index (χ0n) is 20.3. The Morgan fingerprint density at radius 1 is 0.541 bits per heavy atom. The van der Waals surface area contributed by atoms with Crippen molar-refractivity contribution in [1.82, 2.24) is 0 Å². The summed E-state index contributed by atoms with van der Waals surface area (Å²) in [7, 11) is -5.24. The summed E-state index contributed by atoms with van der Waals surface area (Å²) < 4.78 is 31.2. The molecule has 37 heavy (non-hydrogen) atoms. The molecule has 0 atom stereocenters. The number of hydrogen-bond acceptors (Lipinski definition) is 4. The quantitative estimate of drug-likeness (QED) is 0.189. The van der Waals surface area contributed by atoms with Gasteiger partial charge in [0.05, 0.1) is 12.8 Å². The molecule has 0 aromatic heterocycles. The maximum atomic E-state index is 10.4. The number of hydrogen-bond donors (Lipinski definition) is 0. The maximum absolute atomic E-state index is 10.4. The Balaban J connectivity index is 0.000000245. The maximum Gasteiger partial charge on any atom is 0.124 e. The highest BCUT2D eigenvalue weighted by Gasteiger charge is 2.24. The van der Waals surface area contributed by atoms with Gasteiger partial charge in [0, 0.05) is 9.79 Å². The molecule has 0 N–H and O–H groups in total. The Morgan fingerprint density at radius 3 is 1.41 bits per heavy atom. The second-order valence-corrected chi connectivity index (χ2v) is 13.3. The van der Waals surface area contributed by atoms with Crippen molar-refractivity contribution in [1.29, 1.82) is 0 Å². The molecule has 0 fully saturated rings. The molecule has 0 aliphatic carbocycles. The monoisotopic (exact) mass is 542 g/mol. The van der Waals surface area contributed by atoms with E-state index in [2.05, 4.69) is 115 Å². The minimum atomic E-state index is -4.27. The molecule has 0 saturated carbocycles. The first-order chi connectivity index (χ1) is 17.9. The molecule has 0 aliphatic rings. The SMILES string of the molecule is Cc1ccc(S(=O)(=O)[O-])cc1.c1ccc(Sc2ccc([PH+](c3ccccc3)c3ccccc3)cc2)cc1. The molecule has 0 heterocycles. The van der Waals surface area contributed by atoms with Crippen LogP contribution in [0.2, 0.25) is 0 Å². The van der Waals surface area contributed by atoms with Crippen molar-refractivity contribution in [2.75, 3.05) is 0 Å². The van der Waals surface area contributed by atoms with Crippen LogP contribution >= 0.6 is 19.7 Å². The number of aryl methyl sites for hydroxylation is 1. The summed E-state index contributed by atoms with van der Waals surface area (Å²) in [6, 6.07) is 47.2. The van der Waals surface area contributed by atoms with Crippen molar-refractivity contribution in [3.05, 3.63) is 145 Å². The van der Waals surface area contributed by atoms with E-state index in [1.165, 1.54) is 37.8 Å². The van der Waals surface area contributed by atoms with Gasteiger partial charge in [0.1, 0.15) is 26.0 Å². The van der Waals surface area contributed by atoms with Crippen LogP contribution in [-0.4, -0.2) is 13.0 Å². The van der Waals surface area contributed by atoms with Crippen LogP contribution in [0.4, 0.5) is 0 Å². The highest BCUT2D eigenvalue weighted by molar-refractivity contribution is 7.99. The summed E-state index contributed by atoms with van der Waals surface area (Å²) in [4.78, 5) is 2.38. The molecule has 5 aromatic carbocycles. The molecular weight excluding hydrogens is 515 g/mol. The molecule has 0 spiro atoms. The summed E-state index contributed by atoms with van der Waals surface area (Å²) in [6.07, 6.45) is 0. The first kappa shape index (κ1) is 26.8. The van der Waals surface area contributed by atoms with Gasteiger partial charge in [0.15, 0.2) is 0 Å². The smallest absolute Gasteiger partial charge is 0.124 e. The van der Waals surface area contributed by atoms with Gasteiger partial charge in [-0.15, -0.1) is 0 Å². The Morgan fingerprint density at radius 2 is 0.946 bits per heavy atom. The molecule has 0 bridgehead atoms. The predicted molar refractivity (Wildman–Crippen MR) is 156 cm³/mol. The van der Waals surface area contributed by atoms with Gasteiger partial charge in [-0.2, -0.15) is 0 Å². The van der Waals surface area contributed by atoms with Crippen LogP contribution in [0.15, 0.2) is 154 Å². The Bertz CT molecular complexity index is 1450. The summed E-state index contributed by atoms with van der Waals surface area (Å²) in [5.41, 5.74) is 0.928. The fourth-order valence-electron chi connectivity index (χ4n) is 3.73. The molecule has 6 heteroatoms. The number of rotatable bonds is 6. The molecule has 0 unspecified atom stereocenters. The lowest BCUT2D eigenvalue weighted by Crippen LogP contribution is -2.20. The molecule has 5 aromatic rings. The van der Waals surface area contributed by atoms with E-state index in [0.717, 1.165) is 5.56 Å². The molecular formula is C31H27O3PS2. The van der Waals surface area contributed by atoms with E-state index in [1.54, 1.807) is 12.1 Å². The van der Waals surface area contributed by atoms with E-state index in [9.17, 15) is 13.0 Å². The van der Waals surface area contributed by atoms with Gasteiger partial charge >= 0.3 is 0 Å². The lowest BCUT2D eigenvalue weighted by atomic mass is 10.2. The van der Waals surface area contributed by atoms with Gasteiger partial charge in [-0.05, 0) is 79.7 Å². The molecule has 3 nitrogen and oxygen atoms in total. The lowest BCUT2D eigenvalue weighted by Gasteiger charge is -2.11. The Kier molecular flexibility index (Phi) is 9.32. The van der Waals surface area contributed by atoms with Gasteiger partial charge in [0.25, 0.3) is 0 Å². The largest absolute Gasteiger partial charge is 0.744 e. The molecule has 0 aliphatic heterocycles.